The Morgan fingerprint density at radius 2 is 1.08 bits per heavy atom. The molecule has 7 aromatic rings. The highest BCUT2D eigenvalue weighted by Crippen LogP contribution is 2.51. The number of piperidine rings is 1. The molecular formula is C63H66Cl2N4O3S2. The molecule has 1 unspecified atom stereocenters. The molecule has 2 N–H and O–H groups in total. The highest BCUT2D eigenvalue weighted by Gasteiger charge is 2.50. The summed E-state index contributed by atoms with van der Waals surface area (Å²) < 4.78 is 4.36. The summed E-state index contributed by atoms with van der Waals surface area (Å²) in [4.78, 5) is 33.4. The molecule has 0 aliphatic carbocycles. The number of ether oxygens (including phenoxy) is 1. The summed E-state index contributed by atoms with van der Waals surface area (Å²) in [6.07, 6.45) is 3.66. The lowest BCUT2D eigenvalue weighted by atomic mass is 9.75. The summed E-state index contributed by atoms with van der Waals surface area (Å²) in [7, 11) is 1.60. The molecule has 2 bridgehead atoms. The van der Waals surface area contributed by atoms with E-state index in [1.54, 1.807) is 7.11 Å². The minimum Gasteiger partial charge on any atom is -0.364 e. The van der Waals surface area contributed by atoms with Crippen molar-refractivity contribution in [3.8, 4) is 0 Å². The van der Waals surface area contributed by atoms with Crippen molar-refractivity contribution in [2.45, 2.75) is 53.2 Å². The number of thioether (sulfide) groups is 2. The largest absolute Gasteiger partial charge is 0.364 e. The summed E-state index contributed by atoms with van der Waals surface area (Å²) in [5, 5.41) is 7.42. The molecule has 0 saturated carbocycles. The second-order valence-electron chi connectivity index (χ2n) is 19.3. The number of rotatable bonds is 24. The fourth-order valence-corrected chi connectivity index (χ4v) is 14.9. The standard InChI is InChI=1S/C63H66Cl2N4O3S2/c1-72-46-67-61(71)60-55(47-33-35-56(64)57(65)43-47)44-54-34-36-58(60)69(54)39-20-38-68(40-42-74-63(51-27-14-5-15-28-51,52-29-16-6-17-30-52)53-31-18-7-19-32-53)45-59(70)66-37-41-73-62(48-21-8-2-9-22-48,49-23-10-3-11-24-49)50-25-12-4-13-26-50/h2-19,21-33,35,43,54-55,58,60H,20,34,36-42,44-46H2,1H3,(H,66,70)(H,67,71)/t54?,55-,58-,60+/m1/s1. The van der Waals surface area contributed by atoms with Crippen molar-refractivity contribution in [1.82, 2.24) is 20.4 Å². The van der Waals surface area contributed by atoms with Crippen LogP contribution < -0.4 is 10.6 Å². The molecule has 0 spiro atoms. The van der Waals surface area contributed by atoms with Crippen molar-refractivity contribution in [1.29, 1.82) is 0 Å². The van der Waals surface area contributed by atoms with E-state index in [0.29, 0.717) is 34.9 Å². The third-order valence-electron chi connectivity index (χ3n) is 14.9. The van der Waals surface area contributed by atoms with E-state index in [2.05, 4.69) is 202 Å². The van der Waals surface area contributed by atoms with Gasteiger partial charge in [0.05, 0.1) is 32.0 Å². The van der Waals surface area contributed by atoms with Gasteiger partial charge in [-0.3, -0.25) is 19.4 Å². The molecule has 2 aliphatic heterocycles. The van der Waals surface area contributed by atoms with Crippen LogP contribution in [0, 0.1) is 5.92 Å². The number of benzene rings is 7. The highest BCUT2D eigenvalue weighted by molar-refractivity contribution is 8.00. The van der Waals surface area contributed by atoms with E-state index in [1.165, 1.54) is 33.4 Å². The number of carbonyl (C=O) groups excluding carboxylic acids is 2. The van der Waals surface area contributed by atoms with Crippen LogP contribution in [0.3, 0.4) is 0 Å². The molecule has 0 radical (unpaired) electrons. The number of hydrogen-bond acceptors (Lipinski definition) is 7. The fraction of sp³-hybridized carbons (Fsp3) is 0.302. The second kappa shape index (κ2) is 25.9. The lowest BCUT2D eigenvalue weighted by Gasteiger charge is -2.44. The van der Waals surface area contributed by atoms with Crippen LogP contribution in [0.5, 0.6) is 0 Å². The molecule has 2 saturated heterocycles. The average Bonchev–Trinajstić information content (AvgIpc) is 3.73. The van der Waals surface area contributed by atoms with Gasteiger partial charge in [-0.15, -0.1) is 23.5 Å². The van der Waals surface area contributed by atoms with Crippen LogP contribution in [0.25, 0.3) is 0 Å². The summed E-state index contributed by atoms with van der Waals surface area (Å²) >= 11 is 16.7. The molecule has 2 heterocycles. The molecule has 382 valence electrons. The van der Waals surface area contributed by atoms with E-state index in [1.807, 2.05) is 41.7 Å². The molecule has 74 heavy (non-hydrogen) atoms. The second-order valence-corrected chi connectivity index (χ2v) is 22.7. The van der Waals surface area contributed by atoms with E-state index in [0.717, 1.165) is 50.1 Å². The SMILES string of the molecule is COCNC(=O)[C@H]1[C@@H](c2ccc(Cl)c(Cl)c2)CC2CC[C@H]1N2CCCN(CCSC(c1ccccc1)(c1ccccc1)c1ccccc1)CC(=O)NCCSC(c1ccccc1)(c1ccccc1)c1ccccc1. The van der Waals surface area contributed by atoms with Crippen LogP contribution in [0.4, 0.5) is 0 Å². The zero-order valence-corrected chi connectivity index (χ0v) is 45.2. The lowest BCUT2D eigenvalue weighted by Crippen LogP contribution is -2.53. The zero-order chi connectivity index (χ0) is 51.2. The Kier molecular flexibility index (Phi) is 18.7. The number of carbonyl (C=O) groups is 2. The van der Waals surface area contributed by atoms with Gasteiger partial charge in [0.15, 0.2) is 0 Å². The van der Waals surface area contributed by atoms with Gasteiger partial charge in [-0.2, -0.15) is 0 Å². The predicted molar refractivity (Wildman–Crippen MR) is 308 cm³/mol. The minimum absolute atomic E-state index is 0.000892. The number of amides is 2. The third kappa shape index (κ3) is 12.2. The fourth-order valence-electron chi connectivity index (χ4n) is 11.6. The molecular weight excluding hydrogens is 996 g/mol. The van der Waals surface area contributed by atoms with Gasteiger partial charge in [0, 0.05) is 43.8 Å². The van der Waals surface area contributed by atoms with Crippen LogP contribution in [0.2, 0.25) is 10.0 Å². The van der Waals surface area contributed by atoms with Crippen LogP contribution in [-0.4, -0.2) is 91.8 Å². The van der Waals surface area contributed by atoms with Gasteiger partial charge < -0.3 is 15.4 Å². The van der Waals surface area contributed by atoms with Gasteiger partial charge in [0.2, 0.25) is 11.8 Å². The Balaban J connectivity index is 0.941. The Hall–Kier alpha value is -5.36. The van der Waals surface area contributed by atoms with Gasteiger partial charge in [-0.1, -0.05) is 211 Å². The first-order valence-electron chi connectivity index (χ1n) is 25.9. The van der Waals surface area contributed by atoms with Crippen molar-refractivity contribution in [3.63, 3.8) is 0 Å². The molecule has 9 rings (SSSR count). The lowest BCUT2D eigenvalue weighted by molar-refractivity contribution is -0.131. The first-order valence-corrected chi connectivity index (χ1v) is 28.6. The third-order valence-corrected chi connectivity index (χ3v) is 18.8. The first kappa shape index (κ1) is 53.5. The molecule has 4 atom stereocenters. The molecule has 2 aliphatic rings. The van der Waals surface area contributed by atoms with Crippen molar-refractivity contribution >= 4 is 58.5 Å². The maximum absolute atomic E-state index is 14.4. The van der Waals surface area contributed by atoms with Crippen molar-refractivity contribution in [2.24, 2.45) is 5.92 Å². The Labute approximate surface area is 456 Å². The van der Waals surface area contributed by atoms with Gasteiger partial charge >= 0.3 is 0 Å². The zero-order valence-electron chi connectivity index (χ0n) is 42.0. The quantitative estimate of drug-likeness (QED) is 0.0355. The predicted octanol–water partition coefficient (Wildman–Crippen LogP) is 12.9. The van der Waals surface area contributed by atoms with Gasteiger partial charge in [0.1, 0.15) is 6.73 Å². The number of nitrogens with zero attached hydrogens (tertiary/aromatic N) is 2. The number of halogens is 2. The van der Waals surface area contributed by atoms with E-state index < -0.39 is 9.49 Å². The molecule has 11 heteroatoms. The topological polar surface area (TPSA) is 73.9 Å². The maximum atomic E-state index is 14.4. The summed E-state index contributed by atoms with van der Waals surface area (Å²) in [5.41, 5.74) is 8.28. The first-order chi connectivity index (χ1) is 36.3. The molecule has 7 nitrogen and oxygen atoms in total. The minimum atomic E-state index is -0.478. The highest BCUT2D eigenvalue weighted by atomic mass is 35.5. The summed E-state index contributed by atoms with van der Waals surface area (Å²) in [6, 6.07) is 70.7. The maximum Gasteiger partial charge on any atom is 0.234 e. The van der Waals surface area contributed by atoms with Crippen molar-refractivity contribution in [2.75, 3.05) is 58.1 Å². The number of methoxy groups -OCH3 is 1. The number of fused-ring (bicyclic) bond motifs is 2. The molecule has 2 amide bonds. The van der Waals surface area contributed by atoms with Gasteiger partial charge in [-0.25, -0.2) is 0 Å². The van der Waals surface area contributed by atoms with Crippen LogP contribution in [0.1, 0.15) is 70.5 Å². The van der Waals surface area contributed by atoms with Gasteiger partial charge in [-0.05, 0) is 95.8 Å². The normalized spacial score (nSPS) is 17.8. The van der Waals surface area contributed by atoms with Crippen LogP contribution in [0.15, 0.2) is 200 Å². The Morgan fingerprint density at radius 1 is 0.608 bits per heavy atom. The van der Waals surface area contributed by atoms with Crippen molar-refractivity contribution in [3.05, 3.63) is 249 Å². The van der Waals surface area contributed by atoms with E-state index in [4.69, 9.17) is 27.9 Å². The van der Waals surface area contributed by atoms with E-state index >= 15 is 0 Å². The number of nitrogens with one attached hydrogen (secondary N) is 2. The molecule has 2 fully saturated rings. The average molecular weight is 1060 g/mol. The monoisotopic (exact) mass is 1060 g/mol. The smallest absolute Gasteiger partial charge is 0.234 e. The van der Waals surface area contributed by atoms with E-state index in [-0.39, 0.29) is 43.0 Å². The molecule has 7 aromatic carbocycles. The number of hydrogen-bond donors (Lipinski definition) is 2. The van der Waals surface area contributed by atoms with E-state index in [9.17, 15) is 9.59 Å². The van der Waals surface area contributed by atoms with Crippen LogP contribution in [-0.2, 0) is 23.8 Å². The Bertz CT molecular complexity index is 2660. The Morgan fingerprint density at radius 3 is 1.54 bits per heavy atom. The van der Waals surface area contributed by atoms with Crippen LogP contribution >= 0.6 is 46.7 Å². The summed E-state index contributed by atoms with van der Waals surface area (Å²) in [5.74, 6) is 1.22. The van der Waals surface area contributed by atoms with Gasteiger partial charge in [0.25, 0.3) is 0 Å². The van der Waals surface area contributed by atoms with Crippen molar-refractivity contribution < 1.29 is 14.3 Å². The molecule has 0 aromatic heterocycles. The summed E-state index contributed by atoms with van der Waals surface area (Å²) in [6.45, 7) is 3.19.